The van der Waals surface area contributed by atoms with Gasteiger partial charge in [0.05, 0.1) is 5.92 Å². The maximum Gasteiger partial charge on any atom is 0.317 e. The van der Waals surface area contributed by atoms with Gasteiger partial charge in [0, 0.05) is 20.1 Å². The molecule has 0 saturated heterocycles. The molecular formula is C10H19N3O4. The molecule has 0 aliphatic carbocycles. The number of carbonyl (C=O) groups is 3. The Labute approximate surface area is 100 Å². The molecule has 0 heterocycles. The largest absolute Gasteiger partial charge is 0.481 e. The van der Waals surface area contributed by atoms with Crippen LogP contribution in [0.5, 0.6) is 0 Å². The van der Waals surface area contributed by atoms with E-state index in [1.165, 1.54) is 25.9 Å². The maximum atomic E-state index is 11.6. The Hall–Kier alpha value is -1.79. The second kappa shape index (κ2) is 6.72. The zero-order valence-electron chi connectivity index (χ0n) is 10.5. The van der Waals surface area contributed by atoms with Crippen LogP contribution in [0.4, 0.5) is 4.79 Å². The molecule has 0 spiro atoms. The number of hydrogen-bond acceptors (Lipinski definition) is 3. The van der Waals surface area contributed by atoms with Gasteiger partial charge in [0.1, 0.15) is 6.54 Å². The minimum atomic E-state index is -0.980. The van der Waals surface area contributed by atoms with Crippen LogP contribution in [0.2, 0.25) is 0 Å². The molecule has 0 aliphatic rings. The lowest BCUT2D eigenvalue weighted by Crippen LogP contribution is -2.48. The minimum Gasteiger partial charge on any atom is -0.481 e. The molecule has 3 N–H and O–H groups in total. The summed E-state index contributed by atoms with van der Waals surface area (Å²) in [6.45, 7) is 3.03. The van der Waals surface area contributed by atoms with Gasteiger partial charge in [-0.05, 0) is 13.8 Å². The third-order valence-electron chi connectivity index (χ3n) is 2.50. The van der Waals surface area contributed by atoms with Crippen molar-refractivity contribution in [3.05, 3.63) is 0 Å². The third kappa shape index (κ3) is 5.19. The van der Waals surface area contributed by atoms with Crippen LogP contribution >= 0.6 is 0 Å². The highest BCUT2D eigenvalue weighted by Crippen LogP contribution is 2.02. The van der Waals surface area contributed by atoms with E-state index >= 15 is 0 Å². The van der Waals surface area contributed by atoms with Crippen molar-refractivity contribution in [3.8, 4) is 0 Å². The molecule has 3 amide bonds. The highest BCUT2D eigenvalue weighted by Gasteiger charge is 2.22. The van der Waals surface area contributed by atoms with E-state index in [1.807, 2.05) is 0 Å². The van der Waals surface area contributed by atoms with E-state index in [0.29, 0.717) is 0 Å². The number of likely N-dealkylation sites (N-methyl/N-ethyl adjacent to an activating group) is 2. The molecule has 0 aromatic heterocycles. The van der Waals surface area contributed by atoms with E-state index in [-0.39, 0.29) is 12.5 Å². The van der Waals surface area contributed by atoms with Gasteiger partial charge in [-0.3, -0.25) is 9.59 Å². The molecule has 0 bridgehead atoms. The molecule has 0 rings (SSSR count). The van der Waals surface area contributed by atoms with Gasteiger partial charge >= 0.3 is 12.0 Å². The second-order valence-corrected chi connectivity index (χ2v) is 3.89. The minimum absolute atomic E-state index is 0.0729. The van der Waals surface area contributed by atoms with Crippen LogP contribution in [-0.4, -0.2) is 54.6 Å². The van der Waals surface area contributed by atoms with Crippen molar-refractivity contribution >= 4 is 17.9 Å². The lowest BCUT2D eigenvalue weighted by Gasteiger charge is -2.22. The number of nitrogens with one attached hydrogen (secondary N) is 2. The lowest BCUT2D eigenvalue weighted by molar-refractivity contribution is -0.141. The molecule has 17 heavy (non-hydrogen) atoms. The van der Waals surface area contributed by atoms with Crippen molar-refractivity contribution in [2.75, 3.05) is 20.6 Å². The fourth-order valence-corrected chi connectivity index (χ4v) is 1.01. The van der Waals surface area contributed by atoms with Crippen molar-refractivity contribution < 1.29 is 19.5 Å². The normalized spacial score (nSPS) is 13.4. The maximum absolute atomic E-state index is 11.6. The van der Waals surface area contributed by atoms with Crippen LogP contribution in [0.1, 0.15) is 13.8 Å². The quantitative estimate of drug-likeness (QED) is 0.607. The average molecular weight is 245 g/mol. The summed E-state index contributed by atoms with van der Waals surface area (Å²) < 4.78 is 0. The van der Waals surface area contributed by atoms with E-state index in [0.717, 1.165) is 0 Å². The lowest BCUT2D eigenvalue weighted by atomic mass is 10.0. The summed E-state index contributed by atoms with van der Waals surface area (Å²) in [5.41, 5.74) is 0. The molecule has 0 fully saturated rings. The number of urea groups is 1. The second-order valence-electron chi connectivity index (χ2n) is 3.89. The Morgan fingerprint density at radius 2 is 1.82 bits per heavy atom. The summed E-state index contributed by atoms with van der Waals surface area (Å²) in [7, 11) is 2.94. The van der Waals surface area contributed by atoms with Crippen LogP contribution in [0, 0.1) is 5.92 Å². The van der Waals surface area contributed by atoms with Gasteiger partial charge in [-0.25, -0.2) is 4.79 Å². The SMILES string of the molecule is CNC(=O)CN(C)C(=O)NC(C)C(C)C(=O)O. The molecule has 0 aliphatic heterocycles. The number of aliphatic carboxylic acids is 1. The van der Waals surface area contributed by atoms with Crippen molar-refractivity contribution in [1.82, 2.24) is 15.5 Å². The molecule has 7 nitrogen and oxygen atoms in total. The average Bonchev–Trinajstić information content (AvgIpc) is 2.27. The molecular weight excluding hydrogens is 226 g/mol. The van der Waals surface area contributed by atoms with Crippen LogP contribution in [-0.2, 0) is 9.59 Å². The molecule has 0 aromatic rings. The van der Waals surface area contributed by atoms with Crippen LogP contribution in [0.25, 0.3) is 0 Å². The van der Waals surface area contributed by atoms with E-state index in [1.54, 1.807) is 6.92 Å². The highest BCUT2D eigenvalue weighted by molar-refractivity contribution is 5.84. The Kier molecular flexibility index (Phi) is 6.01. The number of carbonyl (C=O) groups excluding carboxylic acids is 2. The standard InChI is InChI=1S/C10H19N3O4/c1-6(9(15)16)7(2)12-10(17)13(4)5-8(14)11-3/h6-7H,5H2,1-4H3,(H,11,14)(H,12,17)(H,15,16). The third-order valence-corrected chi connectivity index (χ3v) is 2.50. The number of nitrogens with zero attached hydrogens (tertiary/aromatic N) is 1. The Bertz CT molecular complexity index is 306. The molecule has 0 aromatic carbocycles. The number of amides is 3. The smallest absolute Gasteiger partial charge is 0.317 e. The van der Waals surface area contributed by atoms with Gasteiger partial charge in [0.15, 0.2) is 0 Å². The van der Waals surface area contributed by atoms with Gasteiger partial charge in [0.2, 0.25) is 5.91 Å². The summed E-state index contributed by atoms with van der Waals surface area (Å²) in [5, 5.41) is 13.7. The summed E-state index contributed by atoms with van der Waals surface area (Å²) >= 11 is 0. The van der Waals surface area contributed by atoms with E-state index in [9.17, 15) is 14.4 Å². The Balaban J connectivity index is 4.25. The number of carboxylic acids is 1. The van der Waals surface area contributed by atoms with Gasteiger partial charge in [-0.1, -0.05) is 0 Å². The molecule has 7 heteroatoms. The zero-order chi connectivity index (χ0) is 13.6. The summed E-state index contributed by atoms with van der Waals surface area (Å²) in [6.07, 6.45) is 0. The number of carboxylic acid groups (broad SMARTS) is 1. The van der Waals surface area contributed by atoms with Gasteiger partial charge < -0.3 is 20.6 Å². The van der Waals surface area contributed by atoms with Gasteiger partial charge in [-0.2, -0.15) is 0 Å². The first kappa shape index (κ1) is 15.2. The fourth-order valence-electron chi connectivity index (χ4n) is 1.01. The van der Waals surface area contributed by atoms with Crippen molar-refractivity contribution in [1.29, 1.82) is 0 Å². The molecule has 0 saturated carbocycles. The van der Waals surface area contributed by atoms with Gasteiger partial charge in [-0.15, -0.1) is 0 Å². The predicted molar refractivity (Wildman–Crippen MR) is 61.5 cm³/mol. The fraction of sp³-hybridized carbons (Fsp3) is 0.700. The monoisotopic (exact) mass is 245 g/mol. The van der Waals surface area contributed by atoms with E-state index in [2.05, 4.69) is 10.6 Å². The number of rotatable bonds is 5. The van der Waals surface area contributed by atoms with Crippen molar-refractivity contribution in [3.63, 3.8) is 0 Å². The van der Waals surface area contributed by atoms with E-state index in [4.69, 9.17) is 5.11 Å². The molecule has 2 atom stereocenters. The summed E-state index contributed by atoms with van der Waals surface area (Å²) in [4.78, 5) is 34.5. The molecule has 2 unspecified atom stereocenters. The topological polar surface area (TPSA) is 98.7 Å². The van der Waals surface area contributed by atoms with Gasteiger partial charge in [0.25, 0.3) is 0 Å². The summed E-state index contributed by atoms with van der Waals surface area (Å²) in [6, 6.07) is -0.985. The predicted octanol–water partition coefficient (Wildman–Crippen LogP) is -0.517. The zero-order valence-corrected chi connectivity index (χ0v) is 10.5. The Morgan fingerprint density at radius 1 is 1.29 bits per heavy atom. The molecule has 98 valence electrons. The van der Waals surface area contributed by atoms with Crippen LogP contribution in [0.15, 0.2) is 0 Å². The van der Waals surface area contributed by atoms with Crippen LogP contribution in [0.3, 0.4) is 0 Å². The van der Waals surface area contributed by atoms with E-state index < -0.39 is 24.0 Å². The Morgan fingerprint density at radius 3 is 2.24 bits per heavy atom. The highest BCUT2D eigenvalue weighted by atomic mass is 16.4. The van der Waals surface area contributed by atoms with Crippen LogP contribution < -0.4 is 10.6 Å². The van der Waals surface area contributed by atoms with Crippen molar-refractivity contribution in [2.24, 2.45) is 5.92 Å². The first-order valence-electron chi connectivity index (χ1n) is 5.24. The van der Waals surface area contributed by atoms with Crippen molar-refractivity contribution in [2.45, 2.75) is 19.9 Å². The number of hydrogen-bond donors (Lipinski definition) is 3. The molecule has 0 radical (unpaired) electrons. The summed E-state index contributed by atoms with van der Waals surface area (Å²) in [5.74, 6) is -1.96. The first-order valence-corrected chi connectivity index (χ1v) is 5.24. The first-order chi connectivity index (χ1) is 7.79.